The summed E-state index contributed by atoms with van der Waals surface area (Å²) in [5, 5.41) is 26.3. The van der Waals surface area contributed by atoms with Gasteiger partial charge in [0.05, 0.1) is 12.1 Å². The second-order valence-corrected chi connectivity index (χ2v) is 11.7. The standard InChI is InChI=1S/C36H38N10/c1-5-13-29(14-6-1)21-23-45-35(37-39-41-45)33(31-17-9-3-10-18-31)43-25-27-44(28-26-43)34(32-19-11-4-12-20-32)36-38-40-42-46(36)24-22-30-15-7-2-8-16-30/h1-20,33-34H,21-28H2. The molecule has 2 unspecified atom stereocenters. The third-order valence-corrected chi connectivity index (χ3v) is 8.83. The Morgan fingerprint density at radius 3 is 1.17 bits per heavy atom. The first-order chi connectivity index (χ1) is 22.8. The molecule has 2 atom stereocenters. The molecule has 1 aliphatic rings. The summed E-state index contributed by atoms with van der Waals surface area (Å²) in [7, 11) is 0. The van der Waals surface area contributed by atoms with Crippen molar-refractivity contribution in [3.8, 4) is 0 Å². The molecule has 10 heteroatoms. The van der Waals surface area contributed by atoms with Crippen LogP contribution in [0.4, 0.5) is 0 Å². The number of rotatable bonds is 12. The van der Waals surface area contributed by atoms with Gasteiger partial charge in [0, 0.05) is 39.3 Å². The molecule has 1 fully saturated rings. The molecule has 3 heterocycles. The fourth-order valence-electron chi connectivity index (χ4n) is 6.46. The lowest BCUT2D eigenvalue weighted by molar-refractivity contribution is 0.0822. The molecule has 0 saturated carbocycles. The van der Waals surface area contributed by atoms with Crippen molar-refractivity contribution in [2.45, 2.75) is 38.0 Å². The van der Waals surface area contributed by atoms with E-state index in [4.69, 9.17) is 0 Å². The van der Waals surface area contributed by atoms with Gasteiger partial charge in [-0.1, -0.05) is 121 Å². The van der Waals surface area contributed by atoms with Gasteiger partial charge >= 0.3 is 0 Å². The molecule has 0 spiro atoms. The van der Waals surface area contributed by atoms with Gasteiger partial charge < -0.3 is 0 Å². The lowest BCUT2D eigenvalue weighted by atomic mass is 10.0. The molecule has 4 aromatic carbocycles. The maximum Gasteiger partial charge on any atom is 0.173 e. The Balaban J connectivity index is 1.12. The summed E-state index contributed by atoms with van der Waals surface area (Å²) < 4.78 is 3.95. The minimum atomic E-state index is -0.0551. The van der Waals surface area contributed by atoms with Crippen molar-refractivity contribution in [2.75, 3.05) is 26.2 Å². The molecule has 1 aliphatic heterocycles. The van der Waals surface area contributed by atoms with Crippen LogP contribution in [-0.2, 0) is 25.9 Å². The van der Waals surface area contributed by atoms with E-state index in [9.17, 15) is 0 Å². The number of nitrogens with zero attached hydrogens (tertiary/aromatic N) is 10. The van der Waals surface area contributed by atoms with E-state index >= 15 is 0 Å². The van der Waals surface area contributed by atoms with Crippen molar-refractivity contribution in [3.63, 3.8) is 0 Å². The first kappa shape index (κ1) is 29.6. The molecular weight excluding hydrogens is 572 g/mol. The Bertz CT molecular complexity index is 1630. The average molecular weight is 611 g/mol. The van der Waals surface area contributed by atoms with Crippen LogP contribution in [0, 0.1) is 0 Å². The fourth-order valence-corrected chi connectivity index (χ4v) is 6.46. The van der Waals surface area contributed by atoms with E-state index in [2.05, 4.69) is 150 Å². The topological polar surface area (TPSA) is 93.7 Å². The summed E-state index contributed by atoms with van der Waals surface area (Å²) >= 11 is 0. The Morgan fingerprint density at radius 2 is 0.804 bits per heavy atom. The van der Waals surface area contributed by atoms with E-state index in [0.29, 0.717) is 0 Å². The van der Waals surface area contributed by atoms with Crippen molar-refractivity contribution in [2.24, 2.45) is 0 Å². The zero-order valence-electron chi connectivity index (χ0n) is 25.8. The van der Waals surface area contributed by atoms with Crippen molar-refractivity contribution < 1.29 is 0 Å². The molecule has 6 aromatic rings. The van der Waals surface area contributed by atoms with Gasteiger partial charge in [-0.3, -0.25) is 9.80 Å². The summed E-state index contributed by atoms with van der Waals surface area (Å²) in [6.45, 7) is 4.83. The maximum atomic E-state index is 4.60. The van der Waals surface area contributed by atoms with Gasteiger partial charge in [-0.2, -0.15) is 0 Å². The van der Waals surface area contributed by atoms with Gasteiger partial charge in [-0.05, 0) is 55.9 Å². The van der Waals surface area contributed by atoms with Crippen molar-refractivity contribution in [3.05, 3.63) is 155 Å². The van der Waals surface area contributed by atoms with E-state index in [1.807, 2.05) is 21.5 Å². The molecule has 2 aromatic heterocycles. The second-order valence-electron chi connectivity index (χ2n) is 11.7. The quantitative estimate of drug-likeness (QED) is 0.198. The van der Waals surface area contributed by atoms with Crippen molar-refractivity contribution in [1.82, 2.24) is 50.2 Å². The van der Waals surface area contributed by atoms with Crippen LogP contribution in [0.2, 0.25) is 0 Å². The number of piperazine rings is 1. The van der Waals surface area contributed by atoms with E-state index in [1.54, 1.807) is 0 Å². The van der Waals surface area contributed by atoms with Crippen molar-refractivity contribution in [1.29, 1.82) is 0 Å². The third-order valence-electron chi connectivity index (χ3n) is 8.83. The van der Waals surface area contributed by atoms with E-state index in [0.717, 1.165) is 63.8 Å². The Labute approximate surface area is 269 Å². The Kier molecular flexibility index (Phi) is 9.25. The predicted molar refractivity (Wildman–Crippen MR) is 176 cm³/mol. The van der Waals surface area contributed by atoms with Crippen LogP contribution in [0.3, 0.4) is 0 Å². The van der Waals surface area contributed by atoms with Gasteiger partial charge in [0.15, 0.2) is 11.6 Å². The van der Waals surface area contributed by atoms with Crippen molar-refractivity contribution >= 4 is 0 Å². The summed E-state index contributed by atoms with van der Waals surface area (Å²) in [6, 6.07) is 42.1. The van der Waals surface area contributed by atoms with Crippen LogP contribution in [-0.4, -0.2) is 76.4 Å². The highest BCUT2D eigenvalue weighted by atomic mass is 15.6. The van der Waals surface area contributed by atoms with Gasteiger partial charge in [-0.15, -0.1) is 10.2 Å². The molecule has 0 radical (unpaired) electrons. The number of hydrogen-bond donors (Lipinski definition) is 0. The van der Waals surface area contributed by atoms with Crippen LogP contribution in [0.1, 0.15) is 46.0 Å². The highest BCUT2D eigenvalue weighted by Gasteiger charge is 2.35. The highest BCUT2D eigenvalue weighted by Crippen LogP contribution is 2.32. The Morgan fingerprint density at radius 1 is 0.457 bits per heavy atom. The average Bonchev–Trinajstić information content (AvgIpc) is 3.79. The van der Waals surface area contributed by atoms with Crippen LogP contribution in [0.25, 0.3) is 0 Å². The highest BCUT2D eigenvalue weighted by molar-refractivity contribution is 5.27. The molecule has 0 bridgehead atoms. The normalized spacial score (nSPS) is 15.5. The molecule has 232 valence electrons. The van der Waals surface area contributed by atoms with Crippen LogP contribution < -0.4 is 0 Å². The molecule has 0 amide bonds. The molecule has 1 saturated heterocycles. The molecule has 10 nitrogen and oxygen atoms in total. The van der Waals surface area contributed by atoms with Gasteiger partial charge in [-0.25, -0.2) is 9.36 Å². The smallest absolute Gasteiger partial charge is 0.173 e. The number of hydrogen-bond acceptors (Lipinski definition) is 8. The summed E-state index contributed by atoms with van der Waals surface area (Å²) in [4.78, 5) is 5.02. The molecular formula is C36H38N10. The van der Waals surface area contributed by atoms with E-state index < -0.39 is 0 Å². The van der Waals surface area contributed by atoms with E-state index in [-0.39, 0.29) is 12.1 Å². The predicted octanol–water partition coefficient (Wildman–Crippen LogP) is 4.64. The molecule has 7 rings (SSSR count). The first-order valence-electron chi connectivity index (χ1n) is 16.0. The fraction of sp³-hybridized carbons (Fsp3) is 0.278. The van der Waals surface area contributed by atoms with Gasteiger partial charge in [0.2, 0.25) is 0 Å². The van der Waals surface area contributed by atoms with Gasteiger partial charge in [0.25, 0.3) is 0 Å². The lowest BCUT2D eigenvalue weighted by Gasteiger charge is -2.41. The first-order valence-corrected chi connectivity index (χ1v) is 16.0. The van der Waals surface area contributed by atoms with E-state index in [1.165, 1.54) is 22.3 Å². The maximum absolute atomic E-state index is 4.60. The molecule has 0 aliphatic carbocycles. The number of tetrazole rings is 2. The van der Waals surface area contributed by atoms with Gasteiger partial charge in [0.1, 0.15) is 0 Å². The number of aryl methyl sites for hydroxylation is 4. The monoisotopic (exact) mass is 610 g/mol. The van der Waals surface area contributed by atoms with Crippen LogP contribution in [0.5, 0.6) is 0 Å². The summed E-state index contributed by atoms with van der Waals surface area (Å²) in [5.74, 6) is 1.75. The summed E-state index contributed by atoms with van der Waals surface area (Å²) in [5.41, 5.74) is 4.92. The lowest BCUT2D eigenvalue weighted by Crippen LogP contribution is -2.50. The minimum Gasteiger partial charge on any atom is -0.287 e. The zero-order valence-corrected chi connectivity index (χ0v) is 25.8. The van der Waals surface area contributed by atoms with Crippen LogP contribution >= 0.6 is 0 Å². The minimum absolute atomic E-state index is 0.0551. The second kappa shape index (κ2) is 14.4. The largest absolute Gasteiger partial charge is 0.287 e. The Hall–Kier alpha value is -5.06. The SMILES string of the molecule is c1ccc(CCn2nnnc2C(c2ccccc2)N2CCN(C(c3ccccc3)c3nnnn3CCc3ccccc3)CC2)cc1. The van der Waals surface area contributed by atoms with Crippen LogP contribution in [0.15, 0.2) is 121 Å². The summed E-state index contributed by atoms with van der Waals surface area (Å²) in [6.07, 6.45) is 1.73. The third kappa shape index (κ3) is 6.78. The zero-order chi connectivity index (χ0) is 31.0. The number of aromatic nitrogens is 8. The number of benzene rings is 4. The molecule has 0 N–H and O–H groups in total. The molecule has 46 heavy (non-hydrogen) atoms.